The fourth-order valence-corrected chi connectivity index (χ4v) is 1.66. The Bertz CT molecular complexity index is 594. The van der Waals surface area contributed by atoms with Gasteiger partial charge in [0.05, 0.1) is 11.0 Å². The summed E-state index contributed by atoms with van der Waals surface area (Å²) in [4.78, 5) is 0. The lowest BCUT2D eigenvalue weighted by Gasteiger charge is -2.18. The maximum atomic E-state index is 13.4. The fraction of sp³-hybridized carbons (Fsp3) is 0.385. The first-order valence-corrected chi connectivity index (χ1v) is 6.92. The van der Waals surface area contributed by atoms with E-state index in [-0.39, 0.29) is 17.4 Å². The number of halogens is 2. The van der Waals surface area contributed by atoms with Crippen molar-refractivity contribution in [3.8, 4) is 0 Å². The molecule has 0 bridgehead atoms. The van der Waals surface area contributed by atoms with Gasteiger partial charge in [-0.2, -0.15) is 0 Å². The molecule has 0 unspecified atom stereocenters. The zero-order chi connectivity index (χ0) is 14.8. The van der Waals surface area contributed by atoms with Crippen LogP contribution in [0, 0.1) is 5.82 Å². The lowest BCUT2D eigenvalue weighted by atomic mass is 10.1. The SMILES string of the molecule is CC(C)(C)NCc1nnc(Nc2ccc(Br)c(F)c2)o1. The zero-order valence-corrected chi connectivity index (χ0v) is 13.1. The molecule has 7 heteroatoms. The van der Waals surface area contributed by atoms with Gasteiger partial charge in [0.1, 0.15) is 5.82 Å². The van der Waals surface area contributed by atoms with Crippen LogP contribution in [0.4, 0.5) is 16.1 Å². The largest absolute Gasteiger partial charge is 0.406 e. The fourth-order valence-electron chi connectivity index (χ4n) is 1.41. The van der Waals surface area contributed by atoms with Gasteiger partial charge in [0.2, 0.25) is 5.89 Å². The molecule has 0 radical (unpaired) electrons. The molecule has 0 aliphatic carbocycles. The number of benzene rings is 1. The second-order valence-corrected chi connectivity index (χ2v) is 6.21. The number of hydrogen-bond acceptors (Lipinski definition) is 5. The zero-order valence-electron chi connectivity index (χ0n) is 11.5. The molecule has 1 aromatic heterocycles. The first-order valence-electron chi connectivity index (χ1n) is 6.13. The summed E-state index contributed by atoms with van der Waals surface area (Å²) in [5.41, 5.74) is 0.515. The smallest absolute Gasteiger partial charge is 0.320 e. The number of rotatable bonds is 4. The molecule has 2 aromatic rings. The highest BCUT2D eigenvalue weighted by atomic mass is 79.9. The van der Waals surface area contributed by atoms with Gasteiger partial charge in [-0.25, -0.2) is 4.39 Å². The Labute approximate surface area is 125 Å². The highest BCUT2D eigenvalue weighted by Gasteiger charge is 2.12. The van der Waals surface area contributed by atoms with Gasteiger partial charge in [-0.15, -0.1) is 5.10 Å². The molecule has 0 saturated carbocycles. The summed E-state index contributed by atoms with van der Waals surface area (Å²) in [6.07, 6.45) is 0. The van der Waals surface area contributed by atoms with E-state index in [0.717, 1.165) is 0 Å². The normalized spacial score (nSPS) is 11.7. The van der Waals surface area contributed by atoms with E-state index in [4.69, 9.17) is 4.42 Å². The van der Waals surface area contributed by atoms with Crippen LogP contribution in [-0.2, 0) is 6.54 Å². The molecule has 108 valence electrons. The summed E-state index contributed by atoms with van der Waals surface area (Å²) in [5, 5.41) is 13.9. The van der Waals surface area contributed by atoms with E-state index < -0.39 is 0 Å². The van der Waals surface area contributed by atoms with Crippen LogP contribution >= 0.6 is 15.9 Å². The maximum Gasteiger partial charge on any atom is 0.320 e. The van der Waals surface area contributed by atoms with Crippen molar-refractivity contribution in [2.45, 2.75) is 32.9 Å². The number of nitrogens with one attached hydrogen (secondary N) is 2. The molecule has 5 nitrogen and oxygen atoms in total. The van der Waals surface area contributed by atoms with Gasteiger partial charge >= 0.3 is 6.01 Å². The standard InChI is InChI=1S/C13H16BrFN4O/c1-13(2,3)16-7-11-18-19-12(20-11)17-8-4-5-9(14)10(15)6-8/h4-6,16H,7H2,1-3H3,(H,17,19). The van der Waals surface area contributed by atoms with Crippen molar-refractivity contribution < 1.29 is 8.81 Å². The van der Waals surface area contributed by atoms with E-state index in [2.05, 4.69) is 36.8 Å². The van der Waals surface area contributed by atoms with Crippen molar-refractivity contribution in [3.05, 3.63) is 34.4 Å². The summed E-state index contributed by atoms with van der Waals surface area (Å²) in [6, 6.07) is 4.90. The molecule has 0 atom stereocenters. The molecule has 2 N–H and O–H groups in total. The van der Waals surface area contributed by atoms with Crippen LogP contribution in [0.3, 0.4) is 0 Å². The van der Waals surface area contributed by atoms with Crippen LogP contribution in [0.5, 0.6) is 0 Å². The number of aromatic nitrogens is 2. The summed E-state index contributed by atoms with van der Waals surface area (Å²) >= 11 is 3.10. The molecular formula is C13H16BrFN4O. The maximum absolute atomic E-state index is 13.4. The summed E-state index contributed by atoms with van der Waals surface area (Å²) in [5.74, 6) is 0.115. The van der Waals surface area contributed by atoms with Crippen LogP contribution in [-0.4, -0.2) is 15.7 Å². The molecule has 0 amide bonds. The van der Waals surface area contributed by atoms with Gasteiger partial charge in [0.15, 0.2) is 0 Å². The van der Waals surface area contributed by atoms with E-state index in [1.807, 2.05) is 20.8 Å². The Kier molecular flexibility index (Phi) is 4.39. The molecule has 0 saturated heterocycles. The van der Waals surface area contributed by atoms with Crippen molar-refractivity contribution in [2.24, 2.45) is 0 Å². The lowest BCUT2D eigenvalue weighted by molar-refractivity contribution is 0.384. The topological polar surface area (TPSA) is 63.0 Å². The Morgan fingerprint density at radius 3 is 2.70 bits per heavy atom. The predicted octanol–water partition coefficient (Wildman–Crippen LogP) is 3.60. The van der Waals surface area contributed by atoms with E-state index in [9.17, 15) is 4.39 Å². The third-order valence-electron chi connectivity index (χ3n) is 2.41. The van der Waals surface area contributed by atoms with Crippen molar-refractivity contribution >= 4 is 27.6 Å². The lowest BCUT2D eigenvalue weighted by Crippen LogP contribution is -2.35. The summed E-state index contributed by atoms with van der Waals surface area (Å²) in [7, 11) is 0. The van der Waals surface area contributed by atoms with Gasteiger partial charge in [-0.05, 0) is 54.9 Å². The Hall–Kier alpha value is -1.47. The molecule has 1 heterocycles. The average molecular weight is 343 g/mol. The minimum atomic E-state index is -0.357. The second kappa shape index (κ2) is 5.88. The van der Waals surface area contributed by atoms with Crippen molar-refractivity contribution in [1.29, 1.82) is 0 Å². The monoisotopic (exact) mass is 342 g/mol. The summed E-state index contributed by atoms with van der Waals surface area (Å²) in [6.45, 7) is 6.63. The van der Waals surface area contributed by atoms with E-state index in [1.165, 1.54) is 6.07 Å². The molecule has 0 aliphatic rings. The molecule has 1 aromatic carbocycles. The molecule has 0 aliphatic heterocycles. The first kappa shape index (κ1) is 14.9. The van der Waals surface area contributed by atoms with Gasteiger partial charge in [-0.3, -0.25) is 0 Å². The molecule has 2 rings (SSSR count). The predicted molar refractivity (Wildman–Crippen MR) is 78.3 cm³/mol. The van der Waals surface area contributed by atoms with Crippen LogP contribution in [0.1, 0.15) is 26.7 Å². The number of nitrogens with zero attached hydrogens (tertiary/aromatic N) is 2. The second-order valence-electron chi connectivity index (χ2n) is 5.36. The van der Waals surface area contributed by atoms with E-state index in [1.54, 1.807) is 12.1 Å². The number of anilines is 2. The van der Waals surface area contributed by atoms with Crippen molar-refractivity contribution in [1.82, 2.24) is 15.5 Å². The van der Waals surface area contributed by atoms with E-state index in [0.29, 0.717) is 22.6 Å². The molecule has 0 fully saturated rings. The Balaban J connectivity index is 2.00. The van der Waals surface area contributed by atoms with Crippen LogP contribution < -0.4 is 10.6 Å². The van der Waals surface area contributed by atoms with Gasteiger partial charge < -0.3 is 15.1 Å². The Morgan fingerprint density at radius 2 is 2.05 bits per heavy atom. The first-order chi connectivity index (χ1) is 9.33. The van der Waals surface area contributed by atoms with Gasteiger partial charge in [0, 0.05) is 11.2 Å². The van der Waals surface area contributed by atoms with Crippen LogP contribution in [0.15, 0.2) is 27.1 Å². The van der Waals surface area contributed by atoms with Gasteiger partial charge in [-0.1, -0.05) is 5.10 Å². The third kappa shape index (κ3) is 4.28. The minimum Gasteiger partial charge on any atom is -0.406 e. The average Bonchev–Trinajstić information content (AvgIpc) is 2.78. The van der Waals surface area contributed by atoms with Crippen molar-refractivity contribution in [2.75, 3.05) is 5.32 Å². The molecular weight excluding hydrogens is 327 g/mol. The highest BCUT2D eigenvalue weighted by Crippen LogP contribution is 2.22. The third-order valence-corrected chi connectivity index (χ3v) is 3.05. The Morgan fingerprint density at radius 1 is 1.30 bits per heavy atom. The van der Waals surface area contributed by atoms with Crippen molar-refractivity contribution in [3.63, 3.8) is 0 Å². The quantitative estimate of drug-likeness (QED) is 0.888. The van der Waals surface area contributed by atoms with Crippen LogP contribution in [0.2, 0.25) is 0 Å². The minimum absolute atomic E-state index is 0.0309. The number of hydrogen-bond donors (Lipinski definition) is 2. The van der Waals surface area contributed by atoms with Crippen LogP contribution in [0.25, 0.3) is 0 Å². The van der Waals surface area contributed by atoms with E-state index >= 15 is 0 Å². The van der Waals surface area contributed by atoms with Gasteiger partial charge in [0.25, 0.3) is 0 Å². The summed E-state index contributed by atoms with van der Waals surface area (Å²) < 4.78 is 19.2. The highest BCUT2D eigenvalue weighted by molar-refractivity contribution is 9.10. The molecule has 20 heavy (non-hydrogen) atoms. The molecule has 0 spiro atoms.